The number of methoxy groups -OCH3 is 2. The Morgan fingerprint density at radius 1 is 0.794 bits per heavy atom. The van der Waals surface area contributed by atoms with E-state index in [9.17, 15) is 19.2 Å². The molecule has 5 heterocycles. The monoisotopic (exact) mass is 948 g/mol. The van der Waals surface area contributed by atoms with Crippen molar-refractivity contribution in [3.05, 3.63) is 89.0 Å². The van der Waals surface area contributed by atoms with E-state index in [1.165, 1.54) is 19.8 Å². The Labute approximate surface area is 400 Å². The number of carbonyl (C=O) groups is 4. The van der Waals surface area contributed by atoms with Crippen LogP contribution in [0.1, 0.15) is 101 Å². The number of nitrogens with one attached hydrogen (secondary N) is 4. The summed E-state index contributed by atoms with van der Waals surface area (Å²) >= 11 is 0. The number of ether oxygens (including phenoxy) is 3. The van der Waals surface area contributed by atoms with E-state index in [0.29, 0.717) is 51.9 Å². The van der Waals surface area contributed by atoms with Crippen molar-refractivity contribution in [2.24, 2.45) is 11.8 Å². The van der Waals surface area contributed by atoms with Crippen molar-refractivity contribution < 1.29 is 33.4 Å². The molecule has 3 saturated heterocycles. The third-order valence-electron chi connectivity index (χ3n) is 14.0. The Morgan fingerprint density at radius 2 is 1.37 bits per heavy atom. The van der Waals surface area contributed by atoms with Crippen LogP contribution in [0.4, 0.5) is 15.3 Å². The van der Waals surface area contributed by atoms with Crippen LogP contribution < -0.4 is 15.5 Å². The van der Waals surface area contributed by atoms with Gasteiger partial charge in [0.05, 0.1) is 48.4 Å². The second-order valence-electron chi connectivity index (χ2n) is 21.1. The van der Waals surface area contributed by atoms with Crippen LogP contribution in [-0.4, -0.2) is 114 Å². The van der Waals surface area contributed by atoms with Crippen LogP contribution in [0.5, 0.6) is 0 Å². The summed E-state index contributed by atoms with van der Waals surface area (Å²) in [5.41, 5.74) is 7.99. The lowest BCUT2D eigenvalue weighted by Crippen LogP contribution is -2.53. The molecule has 4 N–H and O–H groups in total. The molecular formula is C51H69N9O7Si-. The molecule has 16 nitrogen and oxygen atoms in total. The fourth-order valence-corrected chi connectivity index (χ4v) is 13.1. The molecule has 3 fully saturated rings. The Morgan fingerprint density at radius 3 is 1.93 bits per heavy atom. The Kier molecular flexibility index (Phi) is 14.2. The summed E-state index contributed by atoms with van der Waals surface area (Å²) < 4.78 is 15.4. The molecule has 0 saturated carbocycles. The number of hydrogen-bond donors (Lipinski definition) is 4. The van der Waals surface area contributed by atoms with E-state index in [1.54, 1.807) is 0 Å². The molecule has 365 valence electrons. The SMILES string of the molecule is COC(=O)N[C@H](C(=O)N1CCC[C@H]1c1nc2ccc(CN(Cc3ccc4nc([C@@H]5C[Si-](C)(C)CN5C(=O)[C@@H](NC(=O)OC)C5CCOCC5)[nH]c4c3)c3ccc(C(C)(C)C)cc3)cc2[nH]1)C(C)C. The van der Waals surface area contributed by atoms with Crippen LogP contribution in [0.3, 0.4) is 0 Å². The van der Waals surface area contributed by atoms with Gasteiger partial charge in [-0.1, -0.05) is 65.1 Å². The first kappa shape index (κ1) is 48.5. The number of rotatable bonds is 13. The summed E-state index contributed by atoms with van der Waals surface area (Å²) in [6.45, 7) is 18.0. The molecule has 4 amide bonds. The number of carbonyl (C=O) groups excluding carboxylic acids is 4. The topological polar surface area (TPSA) is 187 Å². The molecule has 3 aliphatic heterocycles. The summed E-state index contributed by atoms with van der Waals surface area (Å²) in [7, 11) is 0.782. The molecule has 0 radical (unpaired) electrons. The molecule has 0 unspecified atom stereocenters. The summed E-state index contributed by atoms with van der Waals surface area (Å²) in [6, 6.07) is 20.4. The van der Waals surface area contributed by atoms with Crippen molar-refractivity contribution in [1.29, 1.82) is 0 Å². The van der Waals surface area contributed by atoms with Gasteiger partial charge in [-0.2, -0.15) is 13.1 Å². The van der Waals surface area contributed by atoms with Crippen LogP contribution in [0, 0.1) is 11.8 Å². The molecule has 4 atom stereocenters. The molecular weight excluding hydrogens is 879 g/mol. The van der Waals surface area contributed by atoms with Gasteiger partial charge in [0.2, 0.25) is 11.8 Å². The van der Waals surface area contributed by atoms with Crippen LogP contribution in [0.25, 0.3) is 22.1 Å². The number of amides is 4. The zero-order chi connectivity index (χ0) is 48.5. The van der Waals surface area contributed by atoms with Gasteiger partial charge < -0.3 is 49.5 Å². The normalized spacial score (nSPS) is 19.6. The largest absolute Gasteiger partial charge is 0.453 e. The van der Waals surface area contributed by atoms with Gasteiger partial charge in [-0.25, -0.2) is 19.6 Å². The summed E-state index contributed by atoms with van der Waals surface area (Å²) in [4.78, 5) is 76.5. The van der Waals surface area contributed by atoms with Crippen molar-refractivity contribution in [3.8, 4) is 0 Å². The number of hydrogen-bond acceptors (Lipinski definition) is 10. The molecule has 17 heteroatoms. The first-order chi connectivity index (χ1) is 32.4. The van der Waals surface area contributed by atoms with Crippen molar-refractivity contribution in [1.82, 2.24) is 40.4 Å². The summed E-state index contributed by atoms with van der Waals surface area (Å²) in [6.07, 6.45) is 2.41. The van der Waals surface area contributed by atoms with Crippen molar-refractivity contribution >= 4 is 59.8 Å². The molecule has 5 aromatic rings. The van der Waals surface area contributed by atoms with Crippen molar-refractivity contribution in [3.63, 3.8) is 0 Å². The zero-order valence-corrected chi connectivity index (χ0v) is 42.1. The number of fused-ring (bicyclic) bond motifs is 2. The van der Waals surface area contributed by atoms with Gasteiger partial charge in [0.15, 0.2) is 0 Å². The Balaban J connectivity index is 1.05. The first-order valence-electron chi connectivity index (χ1n) is 24.1. The van der Waals surface area contributed by atoms with E-state index in [1.807, 2.05) is 29.7 Å². The van der Waals surface area contributed by atoms with E-state index >= 15 is 0 Å². The lowest BCUT2D eigenvalue weighted by atomic mass is 9.87. The number of aromatic amines is 2. The minimum atomic E-state index is -1.84. The van der Waals surface area contributed by atoms with Gasteiger partial charge in [-0.15, -0.1) is 14.1 Å². The molecule has 8 rings (SSSR count). The van der Waals surface area contributed by atoms with Gasteiger partial charge in [0.1, 0.15) is 23.7 Å². The Bertz CT molecular complexity index is 2620. The van der Waals surface area contributed by atoms with Gasteiger partial charge in [0, 0.05) is 38.5 Å². The summed E-state index contributed by atoms with van der Waals surface area (Å²) in [5, 5.41) is 5.62. The smallest absolute Gasteiger partial charge is 0.407 e. The van der Waals surface area contributed by atoms with Crippen molar-refractivity contribution in [2.75, 3.05) is 45.0 Å². The van der Waals surface area contributed by atoms with Gasteiger partial charge in [-0.3, -0.25) is 9.59 Å². The third-order valence-corrected chi connectivity index (χ3v) is 16.7. The molecule has 0 spiro atoms. The highest BCUT2D eigenvalue weighted by molar-refractivity contribution is 6.78. The average Bonchev–Trinajstić information content (AvgIpc) is 4.13. The van der Waals surface area contributed by atoms with Crippen LogP contribution >= 0.6 is 0 Å². The van der Waals surface area contributed by atoms with E-state index in [2.05, 4.69) is 114 Å². The molecule has 2 aromatic heterocycles. The highest BCUT2D eigenvalue weighted by Crippen LogP contribution is 2.39. The number of nitrogens with zero attached hydrogens (tertiary/aromatic N) is 5. The van der Waals surface area contributed by atoms with E-state index in [0.717, 1.165) is 69.4 Å². The maximum absolute atomic E-state index is 14.5. The fraction of sp³-hybridized carbons (Fsp3) is 0.529. The lowest BCUT2D eigenvalue weighted by Gasteiger charge is -2.36. The predicted octanol–water partition coefficient (Wildman–Crippen LogP) is 8.27. The number of imidazole rings is 2. The standard InChI is InChI=1S/C51H69N9O7Si/c1-31(2)43(56-49(63)65-6)47(61)59-22-10-11-41(59)45-52-37-18-12-32(25-39(37)54-45)27-58(36-16-14-35(15-17-36)51(3,4)5)28-33-13-19-38-40(26-33)55-46(53-38)42-29-68(8,9)30-60(42)48(62)44(57-50(64)66-7)34-20-23-67-24-21-34/h12-19,25-26,31,34,41-44H,10-11,20-24,27-30H2,1-9H3,(H,52,54)(H,53,55)(H,56,63)(H,57,64)/q-1/t41-,42-,43-,44-/m0/s1. The zero-order valence-electron chi connectivity index (χ0n) is 41.1. The highest BCUT2D eigenvalue weighted by atomic mass is 28.3. The molecule has 0 bridgehead atoms. The first-order valence-corrected chi connectivity index (χ1v) is 27.5. The molecule has 68 heavy (non-hydrogen) atoms. The lowest BCUT2D eigenvalue weighted by molar-refractivity contribution is -0.136. The highest BCUT2D eigenvalue weighted by Gasteiger charge is 2.42. The van der Waals surface area contributed by atoms with Gasteiger partial charge in [-0.05, 0) is 96.0 Å². The van der Waals surface area contributed by atoms with Crippen molar-refractivity contribution in [2.45, 2.75) is 122 Å². The fourth-order valence-electron chi connectivity index (χ4n) is 10.2. The molecule has 3 aliphatic rings. The van der Waals surface area contributed by atoms with Gasteiger partial charge in [0.25, 0.3) is 0 Å². The van der Waals surface area contributed by atoms with E-state index in [-0.39, 0.29) is 41.1 Å². The molecule has 0 aliphatic carbocycles. The van der Waals surface area contributed by atoms with Crippen LogP contribution in [0.2, 0.25) is 19.1 Å². The third kappa shape index (κ3) is 10.7. The average molecular weight is 948 g/mol. The van der Waals surface area contributed by atoms with Crippen LogP contribution in [-0.2, 0) is 42.3 Å². The Hall–Kier alpha value is -5.94. The van der Waals surface area contributed by atoms with E-state index in [4.69, 9.17) is 24.2 Å². The quantitative estimate of drug-likeness (QED) is 0.0838. The number of aromatic nitrogens is 4. The van der Waals surface area contributed by atoms with Crippen LogP contribution in [0.15, 0.2) is 60.7 Å². The maximum Gasteiger partial charge on any atom is 0.407 e. The number of H-pyrrole nitrogens is 2. The minimum absolute atomic E-state index is 0.00394. The number of alkyl carbamates (subject to hydrolysis) is 2. The van der Waals surface area contributed by atoms with Gasteiger partial charge >= 0.3 is 12.2 Å². The number of benzene rings is 3. The summed E-state index contributed by atoms with van der Waals surface area (Å²) in [5.74, 6) is 1.09. The number of likely N-dealkylation sites (tertiary alicyclic amines) is 1. The number of anilines is 1. The second kappa shape index (κ2) is 20.0. The predicted molar refractivity (Wildman–Crippen MR) is 265 cm³/mol. The second-order valence-corrected chi connectivity index (χ2v) is 26.1. The maximum atomic E-state index is 14.5. The molecule has 3 aromatic carbocycles. The van der Waals surface area contributed by atoms with E-state index < -0.39 is 32.3 Å². The minimum Gasteiger partial charge on any atom is -0.453 e.